The molecule has 12 heteroatoms. The first kappa shape index (κ1) is 26.5. The Bertz CT molecular complexity index is 1410. The van der Waals surface area contributed by atoms with Crippen molar-refractivity contribution in [3.8, 4) is 0 Å². The van der Waals surface area contributed by atoms with Crippen LogP contribution in [0.3, 0.4) is 0 Å². The SMILES string of the molecule is CC(=O)NC[C@H]1CN(c2ccc(N3CCN(C(=O)CNc4ccnc5cc(Cl)ccc45)CC3)c(F)c2)C(=O)O1. The van der Waals surface area contributed by atoms with Crippen LogP contribution in [0.2, 0.25) is 5.02 Å². The van der Waals surface area contributed by atoms with E-state index in [4.69, 9.17) is 16.3 Å². The lowest BCUT2D eigenvalue weighted by Crippen LogP contribution is -2.50. The molecule has 2 saturated heterocycles. The van der Waals surface area contributed by atoms with Crippen LogP contribution in [0, 0.1) is 5.82 Å². The van der Waals surface area contributed by atoms with Gasteiger partial charge >= 0.3 is 6.09 Å². The van der Waals surface area contributed by atoms with Gasteiger partial charge < -0.3 is 25.2 Å². The smallest absolute Gasteiger partial charge is 0.414 e. The highest BCUT2D eigenvalue weighted by Gasteiger charge is 2.33. The van der Waals surface area contributed by atoms with E-state index >= 15 is 4.39 Å². The number of hydrogen-bond donors (Lipinski definition) is 2. The minimum Gasteiger partial charge on any atom is -0.442 e. The van der Waals surface area contributed by atoms with Crippen LogP contribution in [0.1, 0.15) is 6.92 Å². The molecular formula is C27H28ClFN6O4. The Morgan fingerprint density at radius 2 is 1.92 bits per heavy atom. The minimum atomic E-state index is -0.582. The average molecular weight is 555 g/mol. The van der Waals surface area contributed by atoms with Crippen molar-refractivity contribution in [1.29, 1.82) is 0 Å². The molecule has 0 spiro atoms. The molecule has 2 aliphatic rings. The van der Waals surface area contributed by atoms with E-state index in [2.05, 4.69) is 15.6 Å². The average Bonchev–Trinajstić information content (AvgIpc) is 3.30. The number of benzene rings is 2. The highest BCUT2D eigenvalue weighted by molar-refractivity contribution is 6.31. The van der Waals surface area contributed by atoms with Crippen molar-refractivity contribution in [2.24, 2.45) is 0 Å². The molecule has 39 heavy (non-hydrogen) atoms. The first-order valence-corrected chi connectivity index (χ1v) is 13.0. The molecule has 204 valence electrons. The van der Waals surface area contributed by atoms with Crippen molar-refractivity contribution >= 4 is 57.5 Å². The number of ether oxygens (including phenoxy) is 1. The van der Waals surface area contributed by atoms with Crippen molar-refractivity contribution in [2.45, 2.75) is 13.0 Å². The molecule has 5 rings (SSSR count). The van der Waals surface area contributed by atoms with Crippen LogP contribution in [0.25, 0.3) is 10.9 Å². The maximum Gasteiger partial charge on any atom is 0.414 e. The van der Waals surface area contributed by atoms with Crippen LogP contribution in [0.4, 0.5) is 26.2 Å². The van der Waals surface area contributed by atoms with E-state index in [0.29, 0.717) is 42.6 Å². The third-order valence-corrected chi connectivity index (χ3v) is 7.04. The van der Waals surface area contributed by atoms with Crippen LogP contribution in [0.15, 0.2) is 48.7 Å². The minimum absolute atomic E-state index is 0.0502. The van der Waals surface area contributed by atoms with Gasteiger partial charge in [0.05, 0.1) is 36.5 Å². The Morgan fingerprint density at radius 1 is 1.13 bits per heavy atom. The number of nitrogens with one attached hydrogen (secondary N) is 2. The van der Waals surface area contributed by atoms with E-state index in [9.17, 15) is 14.4 Å². The number of halogens is 2. The lowest BCUT2D eigenvalue weighted by atomic mass is 10.2. The maximum atomic E-state index is 15.1. The molecule has 10 nitrogen and oxygen atoms in total. The lowest BCUT2D eigenvalue weighted by Gasteiger charge is -2.36. The zero-order chi connectivity index (χ0) is 27.5. The Labute approximate surface area is 229 Å². The summed E-state index contributed by atoms with van der Waals surface area (Å²) in [5, 5.41) is 7.29. The molecule has 0 unspecified atom stereocenters. The molecule has 0 saturated carbocycles. The second-order valence-electron chi connectivity index (χ2n) is 9.43. The summed E-state index contributed by atoms with van der Waals surface area (Å²) in [6.07, 6.45) is 0.586. The first-order valence-electron chi connectivity index (χ1n) is 12.6. The van der Waals surface area contributed by atoms with Crippen molar-refractivity contribution in [3.63, 3.8) is 0 Å². The van der Waals surface area contributed by atoms with Gasteiger partial charge in [-0.05, 0) is 42.5 Å². The third kappa shape index (κ3) is 5.98. The van der Waals surface area contributed by atoms with Crippen LogP contribution in [-0.2, 0) is 14.3 Å². The number of carbonyl (C=O) groups is 3. The number of nitrogens with zero attached hydrogens (tertiary/aromatic N) is 4. The fourth-order valence-corrected chi connectivity index (χ4v) is 4.94. The summed E-state index contributed by atoms with van der Waals surface area (Å²) in [6, 6.07) is 11.9. The molecular weight excluding hydrogens is 527 g/mol. The molecule has 2 aliphatic heterocycles. The van der Waals surface area contributed by atoms with E-state index in [-0.39, 0.29) is 31.4 Å². The summed E-state index contributed by atoms with van der Waals surface area (Å²) >= 11 is 6.05. The first-order chi connectivity index (χ1) is 18.8. The maximum absolute atomic E-state index is 15.1. The Morgan fingerprint density at radius 3 is 2.67 bits per heavy atom. The fraction of sp³-hybridized carbons (Fsp3) is 0.333. The highest BCUT2D eigenvalue weighted by Crippen LogP contribution is 2.29. The number of aromatic nitrogens is 1. The van der Waals surface area contributed by atoms with Crippen LogP contribution >= 0.6 is 11.6 Å². The molecule has 3 amide bonds. The predicted octanol–water partition coefficient (Wildman–Crippen LogP) is 3.25. The summed E-state index contributed by atoms with van der Waals surface area (Å²) in [6.45, 7) is 3.79. The number of anilines is 3. The molecule has 2 fully saturated rings. The fourth-order valence-electron chi connectivity index (χ4n) is 4.77. The number of amides is 3. The van der Waals surface area contributed by atoms with Gasteiger partial charge in [0, 0.05) is 55.4 Å². The molecule has 1 aromatic heterocycles. The predicted molar refractivity (Wildman–Crippen MR) is 147 cm³/mol. The van der Waals surface area contributed by atoms with Crippen molar-refractivity contribution in [1.82, 2.24) is 15.2 Å². The number of pyridine rings is 1. The molecule has 3 aromatic rings. The van der Waals surface area contributed by atoms with Gasteiger partial charge in [-0.15, -0.1) is 0 Å². The molecule has 3 heterocycles. The van der Waals surface area contributed by atoms with Gasteiger partial charge in [0.25, 0.3) is 0 Å². The summed E-state index contributed by atoms with van der Waals surface area (Å²) in [7, 11) is 0. The van der Waals surface area contributed by atoms with Crippen LogP contribution in [0.5, 0.6) is 0 Å². The van der Waals surface area contributed by atoms with E-state index in [1.165, 1.54) is 17.9 Å². The number of piperazine rings is 1. The number of cyclic esters (lactones) is 1. The second kappa shape index (κ2) is 11.3. The monoisotopic (exact) mass is 554 g/mol. The quantitative estimate of drug-likeness (QED) is 0.462. The summed E-state index contributed by atoms with van der Waals surface area (Å²) < 4.78 is 20.4. The Balaban J connectivity index is 1.15. The van der Waals surface area contributed by atoms with E-state index in [0.717, 1.165) is 16.6 Å². The van der Waals surface area contributed by atoms with Gasteiger partial charge in [0.15, 0.2) is 0 Å². The third-order valence-electron chi connectivity index (χ3n) is 6.80. The summed E-state index contributed by atoms with van der Waals surface area (Å²) in [5.41, 5.74) is 2.34. The number of fused-ring (bicyclic) bond motifs is 1. The Kier molecular flexibility index (Phi) is 7.69. The molecule has 0 aliphatic carbocycles. The topological polar surface area (TPSA) is 107 Å². The standard InChI is InChI=1S/C27H28ClFN6O4/c1-17(36)31-14-20-16-35(27(38)39-20)19-3-5-25(22(29)13-19)33-8-10-34(11-9-33)26(37)15-32-23-6-7-30-24-12-18(28)2-4-21(23)24/h2-7,12-13,20H,8-11,14-16H2,1H3,(H,30,32)(H,31,36)/t20-/m0/s1. The molecule has 0 bridgehead atoms. The lowest BCUT2D eigenvalue weighted by molar-refractivity contribution is -0.129. The highest BCUT2D eigenvalue weighted by atomic mass is 35.5. The van der Waals surface area contributed by atoms with Gasteiger partial charge in [0.1, 0.15) is 11.9 Å². The van der Waals surface area contributed by atoms with Gasteiger partial charge in [-0.2, -0.15) is 0 Å². The normalized spacial score (nSPS) is 17.4. The zero-order valence-corrected chi connectivity index (χ0v) is 22.1. The van der Waals surface area contributed by atoms with E-state index in [1.54, 1.807) is 35.4 Å². The molecule has 2 N–H and O–H groups in total. The number of rotatable bonds is 7. The van der Waals surface area contributed by atoms with Crippen LogP contribution < -0.4 is 20.4 Å². The molecule has 0 radical (unpaired) electrons. The van der Waals surface area contributed by atoms with Crippen molar-refractivity contribution < 1.29 is 23.5 Å². The van der Waals surface area contributed by atoms with Crippen LogP contribution in [-0.4, -0.2) is 79.7 Å². The van der Waals surface area contributed by atoms with Crippen molar-refractivity contribution in [2.75, 3.05) is 60.9 Å². The number of carbonyl (C=O) groups excluding carboxylic acids is 3. The molecule has 2 aromatic carbocycles. The van der Waals surface area contributed by atoms with E-state index in [1.807, 2.05) is 17.0 Å². The zero-order valence-electron chi connectivity index (χ0n) is 21.3. The summed E-state index contributed by atoms with van der Waals surface area (Å²) in [4.78, 5) is 45.6. The largest absolute Gasteiger partial charge is 0.442 e. The molecule has 1 atom stereocenters. The van der Waals surface area contributed by atoms with Gasteiger partial charge in [-0.25, -0.2) is 9.18 Å². The van der Waals surface area contributed by atoms with Gasteiger partial charge in [-0.3, -0.25) is 19.5 Å². The van der Waals surface area contributed by atoms with Gasteiger partial charge in [-0.1, -0.05) is 11.6 Å². The van der Waals surface area contributed by atoms with Gasteiger partial charge in [0.2, 0.25) is 11.8 Å². The van der Waals surface area contributed by atoms with E-state index < -0.39 is 18.0 Å². The summed E-state index contributed by atoms with van der Waals surface area (Å²) in [5.74, 6) is -0.728. The van der Waals surface area contributed by atoms with Crippen molar-refractivity contribution in [3.05, 3.63) is 59.5 Å². The Hall–Kier alpha value is -4.12. The second-order valence-corrected chi connectivity index (χ2v) is 9.87. The number of hydrogen-bond acceptors (Lipinski definition) is 7.